The number of fused-ring (bicyclic) bond motifs is 3. The predicted octanol–water partition coefficient (Wildman–Crippen LogP) is 2.58. The first-order valence-electron chi connectivity index (χ1n) is 14.3. The number of carbonyl (C=O) groups excluding carboxylic acids is 2. The van der Waals surface area contributed by atoms with Crippen LogP contribution in [0.4, 0.5) is 0 Å². The van der Waals surface area contributed by atoms with Crippen molar-refractivity contribution in [2.24, 2.45) is 0 Å². The van der Waals surface area contributed by atoms with Gasteiger partial charge in [-0.05, 0) is 88.3 Å². The molecule has 3 aliphatic heterocycles. The lowest BCUT2D eigenvalue weighted by Gasteiger charge is -2.39. The highest BCUT2D eigenvalue weighted by Gasteiger charge is 2.59. The molecule has 1 aromatic carbocycles. The first-order valence-corrected chi connectivity index (χ1v) is 13.5. The summed E-state index contributed by atoms with van der Waals surface area (Å²) < 4.78 is 35.2. The number of methoxy groups -OCH3 is 2. The van der Waals surface area contributed by atoms with E-state index in [1.807, 2.05) is 12.1 Å². The highest BCUT2D eigenvalue weighted by Crippen LogP contribution is 2.55. The summed E-state index contributed by atoms with van der Waals surface area (Å²) in [6.07, 6.45) is 3.58. The number of esters is 2. The lowest BCUT2D eigenvalue weighted by Crippen LogP contribution is -2.49. The molecule has 10 nitrogen and oxygen atoms in total. The van der Waals surface area contributed by atoms with Gasteiger partial charge in [-0.1, -0.05) is 0 Å². The summed E-state index contributed by atoms with van der Waals surface area (Å²) in [5, 5.41) is 21.7. The molecule has 0 amide bonds. The summed E-state index contributed by atoms with van der Waals surface area (Å²) in [5.74, 6) is -0.359. The van der Waals surface area contributed by atoms with Gasteiger partial charge in [-0.25, -0.2) is 4.79 Å². The molecule has 214 valence electrons. The third-order valence-corrected chi connectivity index (χ3v) is 8.55. The van der Waals surface area contributed by atoms with E-state index in [2.05, 4.69) is 11.0 Å². The molecular weight excluding hydrogens is 506 g/mol. The quantitative estimate of drug-likeness (QED) is 0.447. The number of aliphatic hydroxyl groups is 2. The summed E-state index contributed by atoms with van der Waals surface area (Å²) in [5.41, 5.74) is -1.61. The van der Waals surface area contributed by atoms with Crippen LogP contribution in [0.15, 0.2) is 24.0 Å². The molecule has 4 aliphatic rings. The van der Waals surface area contributed by atoms with E-state index in [4.69, 9.17) is 25.1 Å². The van der Waals surface area contributed by atoms with Gasteiger partial charge in [0.05, 0.1) is 39.0 Å². The lowest BCUT2D eigenvalue weighted by atomic mass is 9.77. The van der Waals surface area contributed by atoms with Crippen LogP contribution in [0.2, 0.25) is 0 Å². The van der Waals surface area contributed by atoms with Crippen molar-refractivity contribution in [1.29, 1.82) is 0 Å². The van der Waals surface area contributed by atoms with Gasteiger partial charge >= 0.3 is 11.9 Å². The largest absolute Gasteiger partial charge is 0.497 e. The molecule has 0 radical (unpaired) electrons. The van der Waals surface area contributed by atoms with Crippen LogP contribution in [-0.4, -0.2) is 84.0 Å². The molecule has 1 aromatic rings. The SMILES string of the molecule is [2H]COC(=O)C[C@](O)(CCCC(C)(C)O)C(=O)OC1C(OC)=C[C@@]23CCCN2CCc2cc4c(cc2[C@H]13)OCO4. The van der Waals surface area contributed by atoms with Gasteiger partial charge in [0.2, 0.25) is 6.79 Å². The highest BCUT2D eigenvalue weighted by molar-refractivity contribution is 5.86. The van der Waals surface area contributed by atoms with E-state index in [9.17, 15) is 19.8 Å². The van der Waals surface area contributed by atoms with Crippen LogP contribution < -0.4 is 9.47 Å². The Labute approximate surface area is 230 Å². The fourth-order valence-electron chi connectivity index (χ4n) is 6.69. The zero-order chi connectivity index (χ0) is 28.7. The van der Waals surface area contributed by atoms with Crippen LogP contribution >= 0.6 is 0 Å². The first-order chi connectivity index (χ1) is 19.0. The fourth-order valence-corrected chi connectivity index (χ4v) is 6.69. The summed E-state index contributed by atoms with van der Waals surface area (Å²) in [6, 6.07) is 3.97. The molecule has 4 atom stereocenters. The molecule has 1 spiro atoms. The van der Waals surface area contributed by atoms with Crippen LogP contribution in [0, 0.1) is 0 Å². The molecule has 1 saturated heterocycles. The number of hydrogen-bond donors (Lipinski definition) is 2. The number of carbonyl (C=O) groups is 2. The Hall–Kier alpha value is -2.82. The second-order valence-electron chi connectivity index (χ2n) is 11.7. The molecule has 2 N–H and O–H groups in total. The molecule has 0 bridgehead atoms. The molecular formula is C29H39NO9. The van der Waals surface area contributed by atoms with Crippen LogP contribution in [0.5, 0.6) is 11.5 Å². The minimum atomic E-state index is -2.20. The molecule has 1 unspecified atom stereocenters. The third-order valence-electron chi connectivity index (χ3n) is 8.55. The summed E-state index contributed by atoms with van der Waals surface area (Å²) in [6.45, 7) is 5.12. The van der Waals surface area contributed by atoms with E-state index in [1.165, 1.54) is 7.11 Å². The number of ether oxygens (including phenoxy) is 5. The Kier molecular flexibility index (Phi) is 6.97. The normalized spacial score (nSPS) is 27.3. The van der Waals surface area contributed by atoms with Gasteiger partial charge < -0.3 is 33.9 Å². The van der Waals surface area contributed by atoms with Crippen molar-refractivity contribution in [2.45, 2.75) is 87.6 Å². The Morgan fingerprint density at radius 1 is 1.21 bits per heavy atom. The molecule has 1 fully saturated rings. The Morgan fingerprint density at radius 2 is 1.97 bits per heavy atom. The molecule has 5 rings (SSSR count). The molecule has 1 aliphatic carbocycles. The summed E-state index contributed by atoms with van der Waals surface area (Å²) in [4.78, 5) is 28.6. The monoisotopic (exact) mass is 546 g/mol. The number of benzene rings is 1. The third kappa shape index (κ3) is 5.10. The molecule has 0 saturated carbocycles. The van der Waals surface area contributed by atoms with E-state index in [0.717, 1.165) is 43.5 Å². The van der Waals surface area contributed by atoms with E-state index in [-0.39, 0.29) is 25.6 Å². The second kappa shape index (κ2) is 10.3. The van der Waals surface area contributed by atoms with Crippen LogP contribution in [0.3, 0.4) is 0 Å². The molecule has 3 heterocycles. The lowest BCUT2D eigenvalue weighted by molar-refractivity contribution is -0.178. The van der Waals surface area contributed by atoms with Crippen molar-refractivity contribution < 1.29 is 44.9 Å². The molecule has 39 heavy (non-hydrogen) atoms. The van der Waals surface area contributed by atoms with Crippen molar-refractivity contribution in [2.75, 3.05) is 34.1 Å². The Balaban J connectivity index is 1.49. The van der Waals surface area contributed by atoms with Gasteiger partial charge in [-0.2, -0.15) is 0 Å². The maximum Gasteiger partial charge on any atom is 0.339 e. The van der Waals surface area contributed by atoms with E-state index in [1.54, 1.807) is 13.8 Å². The topological polar surface area (TPSA) is 124 Å². The minimum absolute atomic E-state index is 0.126. The highest BCUT2D eigenvalue weighted by atomic mass is 16.7. The second-order valence-corrected chi connectivity index (χ2v) is 11.7. The van der Waals surface area contributed by atoms with Gasteiger partial charge in [0.1, 0.15) is 5.76 Å². The van der Waals surface area contributed by atoms with E-state index >= 15 is 0 Å². The zero-order valence-electron chi connectivity index (χ0n) is 23.9. The van der Waals surface area contributed by atoms with Gasteiger partial charge in [-0.3, -0.25) is 9.69 Å². The predicted molar refractivity (Wildman–Crippen MR) is 139 cm³/mol. The van der Waals surface area contributed by atoms with E-state index < -0.39 is 48.3 Å². The van der Waals surface area contributed by atoms with Crippen LogP contribution in [0.1, 0.15) is 70.8 Å². The fraction of sp³-hybridized carbons (Fsp3) is 0.655. The van der Waals surface area contributed by atoms with E-state index in [0.29, 0.717) is 23.7 Å². The molecule has 0 aromatic heterocycles. The average Bonchev–Trinajstić information content (AvgIpc) is 3.57. The summed E-state index contributed by atoms with van der Waals surface area (Å²) in [7, 11) is 0.912. The minimum Gasteiger partial charge on any atom is -0.497 e. The number of rotatable bonds is 9. The maximum atomic E-state index is 13.8. The van der Waals surface area contributed by atoms with Crippen molar-refractivity contribution in [3.63, 3.8) is 0 Å². The molecule has 10 heteroatoms. The van der Waals surface area contributed by atoms with Gasteiger partial charge in [0.25, 0.3) is 0 Å². The van der Waals surface area contributed by atoms with Crippen LogP contribution in [0.25, 0.3) is 0 Å². The standard InChI is InChI=1S/C29H39NO9/c1-27(2,33)8-5-10-29(34,16-23(31)36-4)26(32)39-25-22(35-3)15-28-9-6-11-30(28)12-7-18-13-20-21(38-17-37-20)14-19(18)24(25)28/h13-15,24-25,33-34H,5-12,16-17H2,1-4H3/t24-,25?,28-,29-/m1/s1/i4D. The zero-order valence-corrected chi connectivity index (χ0v) is 22.9. The average molecular weight is 547 g/mol. The van der Waals surface area contributed by atoms with Gasteiger partial charge in [0.15, 0.2) is 23.2 Å². The van der Waals surface area contributed by atoms with Crippen molar-refractivity contribution in [1.82, 2.24) is 4.90 Å². The van der Waals surface area contributed by atoms with Crippen molar-refractivity contribution in [3.8, 4) is 11.5 Å². The smallest absolute Gasteiger partial charge is 0.339 e. The van der Waals surface area contributed by atoms with Gasteiger partial charge in [-0.15, -0.1) is 0 Å². The van der Waals surface area contributed by atoms with Crippen LogP contribution in [-0.2, 0) is 30.2 Å². The number of hydrogen-bond acceptors (Lipinski definition) is 10. The Bertz CT molecular complexity index is 1180. The first kappa shape index (κ1) is 26.4. The van der Waals surface area contributed by atoms with Crippen molar-refractivity contribution >= 4 is 11.9 Å². The van der Waals surface area contributed by atoms with Gasteiger partial charge in [0, 0.05) is 6.54 Å². The Morgan fingerprint density at radius 3 is 2.69 bits per heavy atom. The van der Waals surface area contributed by atoms with Crippen molar-refractivity contribution in [3.05, 3.63) is 35.1 Å². The maximum absolute atomic E-state index is 13.8. The number of nitrogens with zero attached hydrogens (tertiary/aromatic N) is 1. The summed E-state index contributed by atoms with van der Waals surface area (Å²) >= 11 is 0.